The highest BCUT2D eigenvalue weighted by Gasteiger charge is 2.14. The Hall–Kier alpha value is -3.02. The number of nitrogens with one attached hydrogen (secondary N) is 2. The molecule has 0 aliphatic carbocycles. The molecule has 0 radical (unpaired) electrons. The van der Waals surface area contributed by atoms with Gasteiger partial charge < -0.3 is 5.32 Å². The second-order valence-electron chi connectivity index (χ2n) is 4.85. The highest BCUT2D eigenvalue weighted by Crippen LogP contribution is 2.12. The van der Waals surface area contributed by atoms with Gasteiger partial charge in [0, 0.05) is 12.1 Å². The molecule has 2 rings (SSSR count). The molecule has 2 aromatic carbocycles. The molecule has 2 N–H and O–H groups in total. The van der Waals surface area contributed by atoms with E-state index in [4.69, 9.17) is 0 Å². The van der Waals surface area contributed by atoms with Gasteiger partial charge in [-0.3, -0.25) is 9.59 Å². The maximum atomic E-state index is 13.4. The summed E-state index contributed by atoms with van der Waals surface area (Å²) in [5.41, 5.74) is 3.09. The number of amides is 2. The second-order valence-corrected chi connectivity index (χ2v) is 4.85. The molecular weight excluding hydrogens is 297 g/mol. The van der Waals surface area contributed by atoms with E-state index in [1.165, 1.54) is 24.4 Å². The number of carbonyl (C=O) groups is 2. The van der Waals surface area contributed by atoms with E-state index >= 15 is 0 Å². The van der Waals surface area contributed by atoms with E-state index < -0.39 is 17.6 Å². The van der Waals surface area contributed by atoms with Gasteiger partial charge in [0.2, 0.25) is 0 Å². The summed E-state index contributed by atoms with van der Waals surface area (Å²) in [5.74, 6) is -2.59. The van der Waals surface area contributed by atoms with Gasteiger partial charge in [0.25, 0.3) is 0 Å². The Morgan fingerprint density at radius 1 is 1.04 bits per heavy atom. The molecule has 0 bridgehead atoms. The number of nitrogens with zero attached hydrogens (tertiary/aromatic N) is 1. The molecule has 23 heavy (non-hydrogen) atoms. The normalized spacial score (nSPS) is 11.9. The van der Waals surface area contributed by atoms with Gasteiger partial charge in [0.05, 0.1) is 5.69 Å². The summed E-state index contributed by atoms with van der Waals surface area (Å²) in [4.78, 5) is 23.3. The maximum absolute atomic E-state index is 13.4. The molecule has 6 heteroatoms. The maximum Gasteiger partial charge on any atom is 0.329 e. The predicted molar refractivity (Wildman–Crippen MR) is 86.5 cm³/mol. The van der Waals surface area contributed by atoms with E-state index in [1.54, 1.807) is 6.07 Å². The van der Waals surface area contributed by atoms with Crippen LogP contribution in [0.5, 0.6) is 0 Å². The molecule has 0 saturated heterocycles. The molecule has 2 aromatic rings. The van der Waals surface area contributed by atoms with Crippen molar-refractivity contribution in [3.05, 3.63) is 66.0 Å². The second kappa shape index (κ2) is 7.84. The molecule has 1 unspecified atom stereocenters. The van der Waals surface area contributed by atoms with Crippen LogP contribution in [-0.2, 0) is 9.59 Å². The fourth-order valence-corrected chi connectivity index (χ4v) is 1.84. The zero-order chi connectivity index (χ0) is 16.7. The number of anilines is 1. The predicted octanol–water partition coefficient (Wildman–Crippen LogP) is 2.67. The molecule has 0 aromatic heterocycles. The topological polar surface area (TPSA) is 70.6 Å². The van der Waals surface area contributed by atoms with Gasteiger partial charge in [-0.05, 0) is 17.7 Å². The number of benzene rings is 2. The number of halogens is 1. The van der Waals surface area contributed by atoms with Crippen molar-refractivity contribution in [3.8, 4) is 0 Å². The molecule has 2 amide bonds. The average molecular weight is 313 g/mol. The van der Waals surface area contributed by atoms with E-state index in [0.29, 0.717) is 0 Å². The van der Waals surface area contributed by atoms with Crippen molar-refractivity contribution in [1.29, 1.82) is 0 Å². The van der Waals surface area contributed by atoms with Crippen molar-refractivity contribution in [2.24, 2.45) is 5.10 Å². The van der Waals surface area contributed by atoms with E-state index in [0.717, 1.165) is 5.56 Å². The van der Waals surface area contributed by atoms with Crippen molar-refractivity contribution in [1.82, 2.24) is 5.43 Å². The van der Waals surface area contributed by atoms with Crippen molar-refractivity contribution in [2.75, 3.05) is 5.32 Å². The molecule has 0 saturated carbocycles. The monoisotopic (exact) mass is 313 g/mol. The van der Waals surface area contributed by atoms with Crippen LogP contribution in [0.3, 0.4) is 0 Å². The highest BCUT2D eigenvalue weighted by molar-refractivity contribution is 6.39. The fraction of sp³-hybridized carbons (Fsp3) is 0.118. The first-order valence-corrected chi connectivity index (χ1v) is 7.02. The molecule has 0 fully saturated rings. The summed E-state index contributed by atoms with van der Waals surface area (Å²) in [6.45, 7) is 1.91. The van der Waals surface area contributed by atoms with Crippen LogP contribution in [-0.4, -0.2) is 18.0 Å². The number of carbonyl (C=O) groups excluding carboxylic acids is 2. The van der Waals surface area contributed by atoms with Crippen molar-refractivity contribution < 1.29 is 14.0 Å². The first-order chi connectivity index (χ1) is 11.1. The molecule has 1 atom stereocenters. The van der Waals surface area contributed by atoms with Gasteiger partial charge >= 0.3 is 11.8 Å². The van der Waals surface area contributed by atoms with Gasteiger partial charge in [-0.2, -0.15) is 5.10 Å². The van der Waals surface area contributed by atoms with Crippen molar-refractivity contribution in [2.45, 2.75) is 12.8 Å². The smallest absolute Gasteiger partial charge is 0.315 e. The van der Waals surface area contributed by atoms with Crippen molar-refractivity contribution in [3.63, 3.8) is 0 Å². The third kappa shape index (κ3) is 4.74. The Labute approximate surface area is 133 Å². The zero-order valence-electron chi connectivity index (χ0n) is 12.5. The number of rotatable bonds is 4. The van der Waals surface area contributed by atoms with Gasteiger partial charge in [-0.15, -0.1) is 0 Å². The van der Waals surface area contributed by atoms with Crippen LogP contribution in [0.1, 0.15) is 18.4 Å². The average Bonchev–Trinajstić information content (AvgIpc) is 2.57. The Morgan fingerprint density at radius 2 is 1.70 bits per heavy atom. The van der Waals surface area contributed by atoms with Crippen LogP contribution in [0.25, 0.3) is 0 Å². The van der Waals surface area contributed by atoms with E-state index in [1.807, 2.05) is 37.3 Å². The summed E-state index contributed by atoms with van der Waals surface area (Å²) in [6, 6.07) is 15.2. The SMILES string of the molecule is CC(/C=N/NC(=O)C(=O)Nc1ccccc1F)c1ccccc1. The van der Waals surface area contributed by atoms with Crippen LogP contribution in [0, 0.1) is 5.82 Å². The van der Waals surface area contributed by atoms with E-state index in [9.17, 15) is 14.0 Å². The van der Waals surface area contributed by atoms with Crippen LogP contribution >= 0.6 is 0 Å². The fourth-order valence-electron chi connectivity index (χ4n) is 1.84. The van der Waals surface area contributed by atoms with E-state index in [-0.39, 0.29) is 11.6 Å². The molecule has 0 heterocycles. The number of hydrazone groups is 1. The summed E-state index contributed by atoms with van der Waals surface area (Å²) in [7, 11) is 0. The number of hydrogen-bond donors (Lipinski definition) is 2. The summed E-state index contributed by atoms with van der Waals surface area (Å²) in [5, 5.41) is 5.93. The standard InChI is InChI=1S/C17H16FN3O2/c1-12(13-7-3-2-4-8-13)11-19-21-17(23)16(22)20-15-10-6-5-9-14(15)18/h2-12H,1H3,(H,20,22)(H,21,23)/b19-11+. The van der Waals surface area contributed by atoms with Gasteiger partial charge in [-0.25, -0.2) is 9.82 Å². The lowest BCUT2D eigenvalue weighted by Gasteiger charge is -2.06. The molecule has 5 nitrogen and oxygen atoms in total. The lowest BCUT2D eigenvalue weighted by Crippen LogP contribution is -2.32. The first-order valence-electron chi connectivity index (χ1n) is 7.02. The van der Waals surface area contributed by atoms with Gasteiger partial charge in [0.15, 0.2) is 0 Å². The Bertz CT molecular complexity index is 717. The third-order valence-corrected chi connectivity index (χ3v) is 3.12. The van der Waals surface area contributed by atoms with Crippen molar-refractivity contribution >= 4 is 23.7 Å². The third-order valence-electron chi connectivity index (χ3n) is 3.12. The van der Waals surface area contributed by atoms with Crippen LogP contribution in [0.2, 0.25) is 0 Å². The minimum absolute atomic E-state index is 0.0221. The zero-order valence-corrected chi connectivity index (χ0v) is 12.5. The number of para-hydroxylation sites is 1. The first kappa shape index (κ1) is 16.4. The molecular formula is C17H16FN3O2. The molecule has 118 valence electrons. The molecule has 0 aliphatic rings. The summed E-state index contributed by atoms with van der Waals surface area (Å²) < 4.78 is 13.4. The summed E-state index contributed by atoms with van der Waals surface area (Å²) in [6.07, 6.45) is 1.52. The molecule has 0 aliphatic heterocycles. The minimum atomic E-state index is -0.986. The summed E-state index contributed by atoms with van der Waals surface area (Å²) >= 11 is 0. The van der Waals surface area contributed by atoms with Crippen LogP contribution < -0.4 is 10.7 Å². The largest absolute Gasteiger partial charge is 0.329 e. The Balaban J connectivity index is 1.88. The Kier molecular flexibility index (Phi) is 5.57. The quantitative estimate of drug-likeness (QED) is 0.517. The highest BCUT2D eigenvalue weighted by atomic mass is 19.1. The lowest BCUT2D eigenvalue weighted by molar-refractivity contribution is -0.136. The molecule has 0 spiro atoms. The van der Waals surface area contributed by atoms with Crippen LogP contribution in [0.15, 0.2) is 59.7 Å². The van der Waals surface area contributed by atoms with E-state index in [2.05, 4.69) is 15.8 Å². The van der Waals surface area contributed by atoms with Crippen LogP contribution in [0.4, 0.5) is 10.1 Å². The Morgan fingerprint density at radius 3 is 2.39 bits per heavy atom. The number of hydrogen-bond acceptors (Lipinski definition) is 3. The lowest BCUT2D eigenvalue weighted by atomic mass is 10.0. The minimum Gasteiger partial charge on any atom is -0.315 e. The van der Waals surface area contributed by atoms with Gasteiger partial charge in [-0.1, -0.05) is 49.4 Å². The van der Waals surface area contributed by atoms with Gasteiger partial charge in [0.1, 0.15) is 5.82 Å².